The van der Waals surface area contributed by atoms with E-state index in [2.05, 4.69) is 41.8 Å². The molecule has 2 atom stereocenters. The van der Waals surface area contributed by atoms with Crippen LogP contribution in [0.3, 0.4) is 0 Å². The van der Waals surface area contributed by atoms with Crippen LogP contribution in [-0.2, 0) is 0 Å². The summed E-state index contributed by atoms with van der Waals surface area (Å²) in [6, 6.07) is 0.350. The number of halogens is 1. The van der Waals surface area contributed by atoms with Gasteiger partial charge in [-0.2, -0.15) is 5.10 Å². The van der Waals surface area contributed by atoms with E-state index < -0.39 is 0 Å². The molecule has 86 valence electrons. The van der Waals surface area contributed by atoms with Crippen LogP contribution in [0.25, 0.3) is 0 Å². The van der Waals surface area contributed by atoms with Crippen molar-refractivity contribution in [2.75, 3.05) is 0 Å². The van der Waals surface area contributed by atoms with Crippen molar-refractivity contribution in [3.05, 3.63) is 16.4 Å². The van der Waals surface area contributed by atoms with Crippen LogP contribution in [0.4, 0.5) is 0 Å². The first kappa shape index (κ1) is 12.7. The Kier molecular flexibility index (Phi) is 4.34. The zero-order valence-corrected chi connectivity index (χ0v) is 11.3. The first-order valence-electron chi connectivity index (χ1n) is 5.34. The molecule has 15 heavy (non-hydrogen) atoms. The third-order valence-electron chi connectivity index (χ3n) is 2.44. The molecule has 0 fully saturated rings. The number of aliphatic hydroxyl groups excluding tert-OH is 1. The normalized spacial score (nSPS) is 15.7. The lowest BCUT2D eigenvalue weighted by molar-refractivity contribution is 0.174. The summed E-state index contributed by atoms with van der Waals surface area (Å²) in [7, 11) is 0. The third kappa shape index (κ3) is 3.05. The highest BCUT2D eigenvalue weighted by atomic mass is 79.9. The van der Waals surface area contributed by atoms with Gasteiger partial charge in [-0.15, -0.1) is 0 Å². The molecule has 0 aliphatic rings. The van der Waals surface area contributed by atoms with Gasteiger partial charge >= 0.3 is 0 Å². The highest BCUT2D eigenvalue weighted by Gasteiger charge is 2.18. The van der Waals surface area contributed by atoms with E-state index in [1.54, 1.807) is 0 Å². The second kappa shape index (κ2) is 5.12. The number of aliphatic hydroxyl groups is 1. The van der Waals surface area contributed by atoms with E-state index in [0.717, 1.165) is 10.9 Å². The zero-order valence-electron chi connectivity index (χ0n) is 9.74. The van der Waals surface area contributed by atoms with E-state index in [-0.39, 0.29) is 6.10 Å². The van der Waals surface area contributed by atoms with Crippen molar-refractivity contribution in [1.82, 2.24) is 9.78 Å². The van der Waals surface area contributed by atoms with Gasteiger partial charge in [0.2, 0.25) is 0 Å². The molecule has 0 aliphatic carbocycles. The summed E-state index contributed by atoms with van der Waals surface area (Å²) in [6.45, 7) is 8.16. The van der Waals surface area contributed by atoms with Gasteiger partial charge in [0.15, 0.2) is 0 Å². The second-order valence-electron chi connectivity index (χ2n) is 4.40. The Morgan fingerprint density at radius 1 is 1.40 bits per heavy atom. The van der Waals surface area contributed by atoms with Crippen LogP contribution < -0.4 is 0 Å². The summed E-state index contributed by atoms with van der Waals surface area (Å²) in [5.41, 5.74) is 1.17. The van der Waals surface area contributed by atoms with E-state index in [1.807, 2.05) is 17.8 Å². The minimum atomic E-state index is -0.276. The molecule has 3 nitrogen and oxygen atoms in total. The quantitative estimate of drug-likeness (QED) is 0.916. The van der Waals surface area contributed by atoms with E-state index in [0.29, 0.717) is 12.0 Å². The summed E-state index contributed by atoms with van der Waals surface area (Å²) >= 11 is 3.51. The molecule has 1 N–H and O–H groups in total. The highest BCUT2D eigenvalue weighted by molar-refractivity contribution is 9.10. The van der Waals surface area contributed by atoms with Gasteiger partial charge in [0.05, 0.1) is 22.5 Å². The second-order valence-corrected chi connectivity index (χ2v) is 5.26. The number of aromatic nitrogens is 2. The van der Waals surface area contributed by atoms with Gasteiger partial charge < -0.3 is 5.11 Å². The lowest BCUT2D eigenvalue weighted by Crippen LogP contribution is -2.13. The Hall–Kier alpha value is -0.350. The maximum Gasteiger partial charge on any atom is 0.0635 e. The summed E-state index contributed by atoms with van der Waals surface area (Å²) in [6.07, 6.45) is 2.31. The molecule has 0 radical (unpaired) electrons. The van der Waals surface area contributed by atoms with Crippen molar-refractivity contribution >= 4 is 15.9 Å². The van der Waals surface area contributed by atoms with Crippen LogP contribution in [0.1, 0.15) is 51.8 Å². The molecular formula is C11H19BrN2O. The maximum atomic E-state index is 9.40. The predicted octanol–water partition coefficient (Wildman–Crippen LogP) is 3.10. The summed E-state index contributed by atoms with van der Waals surface area (Å²) in [5.74, 6) is 0.310. The molecular weight excluding hydrogens is 256 g/mol. The Morgan fingerprint density at radius 2 is 2.00 bits per heavy atom. The van der Waals surface area contributed by atoms with Crippen molar-refractivity contribution in [3.8, 4) is 0 Å². The van der Waals surface area contributed by atoms with Crippen LogP contribution in [0.5, 0.6) is 0 Å². The van der Waals surface area contributed by atoms with Gasteiger partial charge in [0.1, 0.15) is 0 Å². The molecule has 2 unspecified atom stereocenters. The first-order valence-corrected chi connectivity index (χ1v) is 6.13. The third-order valence-corrected chi connectivity index (χ3v) is 3.05. The lowest BCUT2D eigenvalue weighted by Gasteiger charge is -2.18. The average Bonchev–Trinajstić information content (AvgIpc) is 2.45. The van der Waals surface area contributed by atoms with Gasteiger partial charge in [-0.05, 0) is 43.1 Å². The molecule has 1 aromatic rings. The molecule has 0 aromatic carbocycles. The molecule has 1 heterocycles. The number of nitrogens with zero attached hydrogens (tertiary/aromatic N) is 2. The molecule has 4 heteroatoms. The van der Waals surface area contributed by atoms with Crippen LogP contribution in [0.15, 0.2) is 10.7 Å². The fourth-order valence-electron chi connectivity index (χ4n) is 1.85. The van der Waals surface area contributed by atoms with Crippen molar-refractivity contribution in [2.45, 2.75) is 52.2 Å². The van der Waals surface area contributed by atoms with Crippen LogP contribution >= 0.6 is 15.9 Å². The number of hydrogen-bond donors (Lipinski definition) is 1. The van der Waals surface area contributed by atoms with E-state index >= 15 is 0 Å². The fourth-order valence-corrected chi connectivity index (χ4v) is 2.51. The van der Waals surface area contributed by atoms with Gasteiger partial charge in [-0.1, -0.05) is 6.92 Å². The van der Waals surface area contributed by atoms with E-state index in [1.165, 1.54) is 5.69 Å². The van der Waals surface area contributed by atoms with E-state index in [9.17, 15) is 5.11 Å². The molecule has 1 rings (SSSR count). The van der Waals surface area contributed by atoms with Crippen LogP contribution in [0.2, 0.25) is 0 Å². The Morgan fingerprint density at radius 3 is 2.47 bits per heavy atom. The molecule has 0 amide bonds. The van der Waals surface area contributed by atoms with Gasteiger partial charge in [-0.3, -0.25) is 4.68 Å². The van der Waals surface area contributed by atoms with Gasteiger partial charge in [-0.25, -0.2) is 0 Å². The largest absolute Gasteiger partial charge is 0.393 e. The molecule has 0 saturated heterocycles. The number of hydrogen-bond acceptors (Lipinski definition) is 2. The maximum absolute atomic E-state index is 9.40. The monoisotopic (exact) mass is 274 g/mol. The van der Waals surface area contributed by atoms with Crippen molar-refractivity contribution < 1.29 is 5.11 Å². The lowest BCUT2D eigenvalue weighted by atomic mass is 10.0. The Balaban J connectivity index is 2.95. The highest BCUT2D eigenvalue weighted by Crippen LogP contribution is 2.29. The minimum absolute atomic E-state index is 0.276. The summed E-state index contributed by atoms with van der Waals surface area (Å²) < 4.78 is 3.04. The minimum Gasteiger partial charge on any atom is -0.393 e. The molecule has 1 aromatic heterocycles. The SMILES string of the molecule is CC(O)CC(C)c1c(Br)cnn1C(C)C. The van der Waals surface area contributed by atoms with Crippen LogP contribution in [-0.4, -0.2) is 21.0 Å². The van der Waals surface area contributed by atoms with Gasteiger partial charge in [0.25, 0.3) is 0 Å². The average molecular weight is 275 g/mol. The van der Waals surface area contributed by atoms with Crippen molar-refractivity contribution in [2.24, 2.45) is 0 Å². The van der Waals surface area contributed by atoms with Crippen LogP contribution in [0, 0.1) is 0 Å². The summed E-state index contributed by atoms with van der Waals surface area (Å²) in [4.78, 5) is 0. The van der Waals surface area contributed by atoms with Crippen molar-refractivity contribution in [3.63, 3.8) is 0 Å². The Bertz CT molecular complexity index is 320. The molecule has 0 bridgehead atoms. The van der Waals surface area contributed by atoms with Gasteiger partial charge in [0, 0.05) is 12.0 Å². The molecule has 0 aliphatic heterocycles. The standard InChI is InChI=1S/C11H19BrN2O/c1-7(2)14-11(10(12)6-13-14)8(3)5-9(4)15/h6-9,15H,5H2,1-4H3. The Labute approximate surface area is 99.6 Å². The number of rotatable bonds is 4. The predicted molar refractivity (Wildman–Crippen MR) is 65.0 cm³/mol. The summed E-state index contributed by atoms with van der Waals surface area (Å²) in [5, 5.41) is 13.7. The smallest absolute Gasteiger partial charge is 0.0635 e. The topological polar surface area (TPSA) is 38.1 Å². The molecule has 0 spiro atoms. The zero-order chi connectivity index (χ0) is 11.6. The fraction of sp³-hybridized carbons (Fsp3) is 0.727. The first-order chi connectivity index (χ1) is 6.93. The van der Waals surface area contributed by atoms with E-state index in [4.69, 9.17) is 0 Å². The molecule has 0 saturated carbocycles. The van der Waals surface area contributed by atoms with Crippen molar-refractivity contribution in [1.29, 1.82) is 0 Å².